The van der Waals surface area contributed by atoms with Crippen LogP contribution in [-0.4, -0.2) is 24.9 Å². The summed E-state index contributed by atoms with van der Waals surface area (Å²) in [6.45, 7) is 2.11. The van der Waals surface area contributed by atoms with Crippen LogP contribution in [0.3, 0.4) is 0 Å². The molecule has 1 atom stereocenters. The second-order valence-corrected chi connectivity index (χ2v) is 8.67. The first-order chi connectivity index (χ1) is 12.0. The zero-order chi connectivity index (χ0) is 17.6. The van der Waals surface area contributed by atoms with Gasteiger partial charge in [0.05, 0.1) is 0 Å². The number of nitrogens with zero attached hydrogens (tertiary/aromatic N) is 1. The van der Waals surface area contributed by atoms with Crippen LogP contribution in [0.1, 0.15) is 45.4 Å². The normalized spacial score (nSPS) is 33.8. The van der Waals surface area contributed by atoms with Crippen LogP contribution in [0.15, 0.2) is 30.3 Å². The number of carbonyl (C=O) groups is 2. The molecule has 0 spiro atoms. The van der Waals surface area contributed by atoms with Gasteiger partial charge in [-0.3, -0.25) is 9.59 Å². The molecule has 25 heavy (non-hydrogen) atoms. The molecule has 1 aromatic carbocycles. The molecule has 4 heteroatoms. The summed E-state index contributed by atoms with van der Waals surface area (Å²) in [4.78, 5) is 26.5. The molecule has 0 radical (unpaired) electrons. The standard InChI is InChI=1S/C21H28N2O2/c1-14(21-11-15-8-16(12-21)10-17(9-15)13-21)22-19(24)20(25)23(2)18-6-4-3-5-7-18/h3-7,14-17H,8-13H2,1-2H3,(H,22,24). The molecule has 4 saturated carbocycles. The van der Waals surface area contributed by atoms with Gasteiger partial charge in [-0.2, -0.15) is 0 Å². The van der Waals surface area contributed by atoms with Crippen LogP contribution in [0.5, 0.6) is 0 Å². The molecule has 0 aliphatic heterocycles. The second-order valence-electron chi connectivity index (χ2n) is 8.67. The molecule has 4 bridgehead atoms. The average molecular weight is 340 g/mol. The van der Waals surface area contributed by atoms with E-state index >= 15 is 0 Å². The van der Waals surface area contributed by atoms with Gasteiger partial charge < -0.3 is 10.2 Å². The number of benzene rings is 1. The highest BCUT2D eigenvalue weighted by Crippen LogP contribution is 2.61. The van der Waals surface area contributed by atoms with Crippen LogP contribution < -0.4 is 10.2 Å². The maximum absolute atomic E-state index is 12.6. The number of carbonyl (C=O) groups excluding carboxylic acids is 2. The SMILES string of the molecule is CC(NC(=O)C(=O)N(C)c1ccccc1)C12CC3CC(CC(C3)C1)C2. The number of rotatable bonds is 3. The van der Waals surface area contributed by atoms with Crippen LogP contribution in [0.2, 0.25) is 0 Å². The fourth-order valence-electron chi connectivity index (χ4n) is 6.04. The van der Waals surface area contributed by atoms with E-state index in [0.29, 0.717) is 0 Å². The van der Waals surface area contributed by atoms with E-state index in [0.717, 1.165) is 23.4 Å². The number of hydrogen-bond acceptors (Lipinski definition) is 2. The van der Waals surface area contributed by atoms with Gasteiger partial charge in [0.25, 0.3) is 0 Å². The zero-order valence-electron chi connectivity index (χ0n) is 15.2. The monoisotopic (exact) mass is 340 g/mol. The molecule has 0 aromatic heterocycles. The van der Waals surface area contributed by atoms with E-state index in [1.165, 1.54) is 43.4 Å². The van der Waals surface area contributed by atoms with Crippen molar-refractivity contribution in [2.24, 2.45) is 23.2 Å². The Morgan fingerprint density at radius 3 is 2.08 bits per heavy atom. The molecule has 0 heterocycles. The van der Waals surface area contributed by atoms with Crippen molar-refractivity contribution < 1.29 is 9.59 Å². The lowest BCUT2D eigenvalue weighted by atomic mass is 9.48. The fraction of sp³-hybridized carbons (Fsp3) is 0.619. The van der Waals surface area contributed by atoms with Crippen molar-refractivity contribution in [2.75, 3.05) is 11.9 Å². The summed E-state index contributed by atoms with van der Waals surface area (Å²) >= 11 is 0. The Bertz CT molecular complexity index is 634. The van der Waals surface area contributed by atoms with Gasteiger partial charge in [0, 0.05) is 18.8 Å². The van der Waals surface area contributed by atoms with Crippen molar-refractivity contribution in [2.45, 2.75) is 51.5 Å². The van der Waals surface area contributed by atoms with Crippen molar-refractivity contribution in [3.8, 4) is 0 Å². The molecule has 2 amide bonds. The maximum atomic E-state index is 12.6. The predicted octanol–water partition coefficient (Wildman–Crippen LogP) is 3.37. The highest BCUT2D eigenvalue weighted by atomic mass is 16.2. The lowest BCUT2D eigenvalue weighted by Crippen LogP contribution is -2.57. The number of amides is 2. The highest BCUT2D eigenvalue weighted by molar-refractivity contribution is 6.40. The van der Waals surface area contributed by atoms with E-state index in [1.54, 1.807) is 7.05 Å². The lowest BCUT2D eigenvalue weighted by Gasteiger charge is -2.59. The third-order valence-corrected chi connectivity index (χ3v) is 6.99. The Morgan fingerprint density at radius 2 is 1.56 bits per heavy atom. The van der Waals surface area contributed by atoms with Crippen LogP contribution in [-0.2, 0) is 9.59 Å². The zero-order valence-corrected chi connectivity index (χ0v) is 15.2. The number of anilines is 1. The number of likely N-dealkylation sites (N-methyl/N-ethyl adjacent to an activating group) is 1. The third-order valence-electron chi connectivity index (χ3n) is 6.99. The fourth-order valence-corrected chi connectivity index (χ4v) is 6.04. The van der Waals surface area contributed by atoms with Gasteiger partial charge in [-0.15, -0.1) is 0 Å². The van der Waals surface area contributed by atoms with Crippen LogP contribution >= 0.6 is 0 Å². The Labute approximate surface area is 150 Å². The molecule has 5 rings (SSSR count). The Balaban J connectivity index is 1.43. The van der Waals surface area contributed by atoms with Crippen LogP contribution in [0.4, 0.5) is 5.69 Å². The summed E-state index contributed by atoms with van der Waals surface area (Å²) in [7, 11) is 1.66. The van der Waals surface area contributed by atoms with Crippen LogP contribution in [0.25, 0.3) is 0 Å². The molecule has 4 fully saturated rings. The van der Waals surface area contributed by atoms with E-state index in [1.807, 2.05) is 30.3 Å². The molecular weight excluding hydrogens is 312 g/mol. The quantitative estimate of drug-likeness (QED) is 0.858. The molecule has 1 N–H and O–H groups in total. The van der Waals surface area contributed by atoms with E-state index in [9.17, 15) is 9.59 Å². The first-order valence-electron chi connectivity index (χ1n) is 9.60. The largest absolute Gasteiger partial charge is 0.345 e. The minimum atomic E-state index is -0.484. The number of hydrogen-bond donors (Lipinski definition) is 1. The summed E-state index contributed by atoms with van der Waals surface area (Å²) < 4.78 is 0. The van der Waals surface area contributed by atoms with Crippen molar-refractivity contribution in [3.63, 3.8) is 0 Å². The molecule has 4 aliphatic rings. The van der Waals surface area contributed by atoms with Crippen LogP contribution in [0, 0.1) is 23.2 Å². The Morgan fingerprint density at radius 1 is 1.04 bits per heavy atom. The van der Waals surface area contributed by atoms with E-state index < -0.39 is 11.8 Å². The molecule has 1 aromatic rings. The third kappa shape index (κ3) is 2.96. The van der Waals surface area contributed by atoms with Crippen molar-refractivity contribution in [1.29, 1.82) is 0 Å². The number of para-hydroxylation sites is 1. The molecule has 1 unspecified atom stereocenters. The highest BCUT2D eigenvalue weighted by Gasteiger charge is 2.53. The van der Waals surface area contributed by atoms with Gasteiger partial charge in [0.2, 0.25) is 0 Å². The minimum Gasteiger partial charge on any atom is -0.345 e. The van der Waals surface area contributed by atoms with Crippen molar-refractivity contribution >= 4 is 17.5 Å². The average Bonchev–Trinajstić information content (AvgIpc) is 2.60. The van der Waals surface area contributed by atoms with Crippen molar-refractivity contribution in [3.05, 3.63) is 30.3 Å². The summed E-state index contributed by atoms with van der Waals surface area (Å²) in [5.41, 5.74) is 0.959. The first-order valence-corrected chi connectivity index (χ1v) is 9.60. The first kappa shape index (κ1) is 16.6. The minimum absolute atomic E-state index is 0.0709. The van der Waals surface area contributed by atoms with E-state index in [2.05, 4.69) is 12.2 Å². The summed E-state index contributed by atoms with van der Waals surface area (Å²) in [6, 6.07) is 9.39. The van der Waals surface area contributed by atoms with E-state index in [-0.39, 0.29) is 11.5 Å². The lowest BCUT2D eigenvalue weighted by molar-refractivity contribution is -0.140. The van der Waals surface area contributed by atoms with Gasteiger partial charge in [-0.1, -0.05) is 18.2 Å². The summed E-state index contributed by atoms with van der Waals surface area (Å²) in [6.07, 6.45) is 7.83. The van der Waals surface area contributed by atoms with Gasteiger partial charge in [-0.25, -0.2) is 0 Å². The van der Waals surface area contributed by atoms with Gasteiger partial charge >= 0.3 is 11.8 Å². The Kier molecular flexibility index (Phi) is 4.09. The molecule has 0 saturated heterocycles. The summed E-state index contributed by atoms with van der Waals surface area (Å²) in [5.74, 6) is 1.56. The van der Waals surface area contributed by atoms with Crippen molar-refractivity contribution in [1.82, 2.24) is 5.32 Å². The Hall–Kier alpha value is -1.84. The molecule has 134 valence electrons. The van der Waals surface area contributed by atoms with Gasteiger partial charge in [0.1, 0.15) is 0 Å². The molecule has 4 aliphatic carbocycles. The molecular formula is C21H28N2O2. The molecule has 4 nitrogen and oxygen atoms in total. The topological polar surface area (TPSA) is 49.4 Å². The number of nitrogens with one attached hydrogen (secondary N) is 1. The predicted molar refractivity (Wildman–Crippen MR) is 98.1 cm³/mol. The maximum Gasteiger partial charge on any atom is 0.316 e. The second kappa shape index (κ2) is 6.15. The summed E-state index contributed by atoms with van der Waals surface area (Å²) in [5, 5.41) is 3.06. The smallest absolute Gasteiger partial charge is 0.316 e. The van der Waals surface area contributed by atoms with Gasteiger partial charge in [-0.05, 0) is 80.8 Å². The van der Waals surface area contributed by atoms with E-state index in [4.69, 9.17) is 0 Å². The van der Waals surface area contributed by atoms with Gasteiger partial charge in [0.15, 0.2) is 0 Å².